The van der Waals surface area contributed by atoms with E-state index in [0.717, 1.165) is 0 Å². The van der Waals surface area contributed by atoms with Crippen LogP contribution in [0.2, 0.25) is 0 Å². The van der Waals surface area contributed by atoms with Crippen molar-refractivity contribution in [2.45, 2.75) is 92.9 Å². The highest BCUT2D eigenvalue weighted by atomic mass is 32.2. The van der Waals surface area contributed by atoms with Crippen molar-refractivity contribution in [1.29, 1.82) is 0 Å². The zero-order valence-corrected chi connectivity index (χ0v) is 21.9. The van der Waals surface area contributed by atoms with Gasteiger partial charge in [-0.1, -0.05) is 32.9 Å². The van der Waals surface area contributed by atoms with Crippen molar-refractivity contribution >= 4 is 11.8 Å². The van der Waals surface area contributed by atoms with Gasteiger partial charge in [-0.25, -0.2) is 0 Å². The van der Waals surface area contributed by atoms with Gasteiger partial charge in [0, 0.05) is 17.7 Å². The number of hydrogen-bond donors (Lipinski definition) is 1. The van der Waals surface area contributed by atoms with Crippen LogP contribution in [0.3, 0.4) is 0 Å². The first-order valence-corrected chi connectivity index (χ1v) is 12.0. The van der Waals surface area contributed by atoms with E-state index in [1.165, 1.54) is 13.0 Å². The highest BCUT2D eigenvalue weighted by Crippen LogP contribution is 2.64. The molecule has 1 N–H and O–H groups in total. The Morgan fingerprint density at radius 1 is 0.610 bits per heavy atom. The average molecular weight is 656 g/mol. The van der Waals surface area contributed by atoms with Gasteiger partial charge < -0.3 is 5.11 Å². The molecule has 41 heavy (non-hydrogen) atoms. The van der Waals surface area contributed by atoms with Gasteiger partial charge in [0.1, 0.15) is 5.75 Å². The molecule has 0 aliphatic rings. The maximum Gasteiger partial charge on any atom is 0.460 e. The minimum Gasteiger partial charge on any atom is -0.507 e. The first-order chi connectivity index (χ1) is 17.8. The molecule has 1 aromatic rings. The van der Waals surface area contributed by atoms with Gasteiger partial charge in [-0.05, 0) is 29.2 Å². The van der Waals surface area contributed by atoms with Crippen LogP contribution in [0.5, 0.6) is 5.75 Å². The molecule has 0 aliphatic carbocycles. The molecule has 0 saturated heterocycles. The lowest BCUT2D eigenvalue weighted by Gasteiger charge is -2.42. The summed E-state index contributed by atoms with van der Waals surface area (Å²) in [5, 5.41) is 10.1. The predicted molar refractivity (Wildman–Crippen MR) is 113 cm³/mol. The molecule has 0 aromatic heterocycles. The van der Waals surface area contributed by atoms with Crippen LogP contribution in [0.4, 0.5) is 74.6 Å². The first kappa shape index (κ1) is 37.2. The van der Waals surface area contributed by atoms with Gasteiger partial charge in [0.25, 0.3) is 0 Å². The van der Waals surface area contributed by atoms with E-state index in [4.69, 9.17) is 0 Å². The lowest BCUT2D eigenvalue weighted by Crippen LogP contribution is -2.74. The van der Waals surface area contributed by atoms with Crippen molar-refractivity contribution in [3.05, 3.63) is 28.8 Å². The summed E-state index contributed by atoms with van der Waals surface area (Å²) in [5.74, 6) is -58.5. The van der Waals surface area contributed by atoms with E-state index in [1.807, 2.05) is 0 Å². The number of halogens is 17. The molecule has 19 heteroatoms. The number of rotatable bonds is 11. The monoisotopic (exact) mass is 656 g/mol. The first-order valence-electron chi connectivity index (χ1n) is 10.9. The van der Waals surface area contributed by atoms with E-state index in [9.17, 15) is 79.7 Å². The molecule has 0 unspecified atom stereocenters. The Morgan fingerprint density at radius 2 is 1.00 bits per heavy atom. The summed E-state index contributed by atoms with van der Waals surface area (Å²) in [6.07, 6.45) is -10.3. The lowest BCUT2D eigenvalue weighted by atomic mass is 9.85. The number of thioether (sulfide) groups is 1. The molecule has 0 aliphatic heterocycles. The zero-order chi connectivity index (χ0) is 33.1. The van der Waals surface area contributed by atoms with E-state index in [2.05, 4.69) is 0 Å². The van der Waals surface area contributed by atoms with Gasteiger partial charge in [0.2, 0.25) is 0 Å². The van der Waals surface area contributed by atoms with Gasteiger partial charge in [-0.3, -0.25) is 0 Å². The summed E-state index contributed by atoms with van der Waals surface area (Å²) in [6, 6.07) is 2.92. The Morgan fingerprint density at radius 3 is 1.39 bits per heavy atom. The van der Waals surface area contributed by atoms with Crippen molar-refractivity contribution in [1.82, 2.24) is 0 Å². The summed E-state index contributed by atoms with van der Waals surface area (Å²) < 4.78 is 227. The summed E-state index contributed by atoms with van der Waals surface area (Å²) in [5.41, 5.74) is 0.378. The SMILES string of the molecule is Cc1cc(C(C)(C)C)cc(CSCCC(F)(F)C(F)(F)C(F)(F)C(F)(F)C(F)(F)C(F)(F)C(F)(F)C(F)(F)F)c1O. The highest BCUT2D eigenvalue weighted by Gasteiger charge is 2.95. The minimum atomic E-state index is -8.63. The number of aryl methyl sites for hydroxylation is 1. The second-order valence-corrected chi connectivity index (χ2v) is 11.1. The van der Waals surface area contributed by atoms with E-state index in [-0.39, 0.29) is 28.6 Å². The number of phenolic OH excluding ortho intramolecular Hbond substituents is 1. The van der Waals surface area contributed by atoms with Gasteiger partial charge in [0.15, 0.2) is 0 Å². The fourth-order valence-electron chi connectivity index (χ4n) is 3.13. The standard InChI is InChI=1S/C22H21F17OS/c1-10-7-12(14(2,3)4)8-11(13(10)40)9-41-6-5-15(23,24)16(25,26)17(27,28)18(29,30)19(31,32)20(33,34)21(35,36)22(37,38)39/h7-8,40H,5-6,9H2,1-4H3. The largest absolute Gasteiger partial charge is 0.507 e. The molecule has 0 bridgehead atoms. The molecule has 1 rings (SSSR count). The molecule has 240 valence electrons. The predicted octanol–water partition coefficient (Wildman–Crippen LogP) is 9.63. The molecular weight excluding hydrogens is 635 g/mol. The highest BCUT2D eigenvalue weighted by molar-refractivity contribution is 7.98. The minimum absolute atomic E-state index is 0.0272. The Balaban J connectivity index is 3.28. The quantitative estimate of drug-likeness (QED) is 0.189. The smallest absolute Gasteiger partial charge is 0.460 e. The Hall–Kier alpha value is -1.82. The summed E-state index contributed by atoms with van der Waals surface area (Å²) in [7, 11) is 0. The topological polar surface area (TPSA) is 20.2 Å². The van der Waals surface area contributed by atoms with Crippen molar-refractivity contribution in [2.75, 3.05) is 5.75 Å². The third-order valence-electron chi connectivity index (χ3n) is 5.85. The van der Waals surface area contributed by atoms with Crippen LogP contribution in [0.1, 0.15) is 43.9 Å². The molecule has 1 nitrogen and oxygen atoms in total. The van der Waals surface area contributed by atoms with Crippen LogP contribution in [-0.2, 0) is 11.2 Å². The third kappa shape index (κ3) is 6.01. The third-order valence-corrected chi connectivity index (χ3v) is 6.86. The maximum absolute atomic E-state index is 14.0. The van der Waals surface area contributed by atoms with Crippen LogP contribution in [0.25, 0.3) is 0 Å². The van der Waals surface area contributed by atoms with E-state index >= 15 is 0 Å². The number of aromatic hydroxyl groups is 1. The van der Waals surface area contributed by atoms with Crippen LogP contribution >= 0.6 is 11.8 Å². The van der Waals surface area contributed by atoms with Crippen molar-refractivity contribution in [3.8, 4) is 5.75 Å². The van der Waals surface area contributed by atoms with Gasteiger partial charge >= 0.3 is 47.6 Å². The second-order valence-electron chi connectivity index (χ2n) is 10.0. The number of hydrogen-bond acceptors (Lipinski definition) is 2. The fourth-order valence-corrected chi connectivity index (χ4v) is 4.12. The van der Waals surface area contributed by atoms with E-state index in [0.29, 0.717) is 5.56 Å². The lowest BCUT2D eigenvalue weighted by molar-refractivity contribution is -0.461. The molecule has 0 saturated carbocycles. The van der Waals surface area contributed by atoms with Gasteiger partial charge in [0.05, 0.1) is 0 Å². The summed E-state index contributed by atoms with van der Waals surface area (Å²) >= 11 is 0.228. The maximum atomic E-state index is 14.0. The van der Waals surface area contributed by atoms with Gasteiger partial charge in [-0.15, -0.1) is 0 Å². The number of phenols is 1. The van der Waals surface area contributed by atoms with Gasteiger partial charge in [-0.2, -0.15) is 86.4 Å². The van der Waals surface area contributed by atoms with E-state index in [1.54, 1.807) is 26.8 Å². The summed E-state index contributed by atoms with van der Waals surface area (Å²) in [4.78, 5) is 0. The molecule has 0 fully saturated rings. The van der Waals surface area contributed by atoms with Crippen molar-refractivity contribution < 1.29 is 79.7 Å². The summed E-state index contributed by atoms with van der Waals surface area (Å²) in [6.45, 7) is 6.63. The molecule has 0 amide bonds. The molecule has 0 atom stereocenters. The second kappa shape index (κ2) is 10.7. The normalized spacial score (nSPS) is 15.4. The molecule has 0 spiro atoms. The molecule has 1 aromatic carbocycles. The van der Waals surface area contributed by atoms with E-state index < -0.39 is 71.0 Å². The number of alkyl halides is 17. The van der Waals surface area contributed by atoms with Crippen LogP contribution in [-0.4, -0.2) is 58.5 Å². The van der Waals surface area contributed by atoms with Crippen molar-refractivity contribution in [2.24, 2.45) is 0 Å². The van der Waals surface area contributed by atoms with Crippen molar-refractivity contribution in [3.63, 3.8) is 0 Å². The Bertz CT molecular complexity index is 1090. The molecular formula is C22H21F17OS. The average Bonchev–Trinajstić information content (AvgIpc) is 2.76. The zero-order valence-electron chi connectivity index (χ0n) is 21.1. The molecule has 0 heterocycles. The number of benzene rings is 1. The Labute approximate surface area is 225 Å². The van der Waals surface area contributed by atoms with Crippen LogP contribution < -0.4 is 0 Å². The fraction of sp³-hybridized carbons (Fsp3) is 0.727. The Kier molecular flexibility index (Phi) is 9.72. The van der Waals surface area contributed by atoms with Crippen LogP contribution in [0.15, 0.2) is 12.1 Å². The van der Waals surface area contributed by atoms with Crippen LogP contribution in [0, 0.1) is 6.92 Å². The molecule has 0 radical (unpaired) electrons.